The molecule has 2 atom stereocenters. The Labute approximate surface area is 140 Å². The van der Waals surface area contributed by atoms with E-state index in [-0.39, 0.29) is 0 Å². The first kappa shape index (κ1) is 16.7. The smallest absolute Gasteiger partial charge is 0.0589 e. The van der Waals surface area contributed by atoms with Gasteiger partial charge in [0.25, 0.3) is 0 Å². The highest BCUT2D eigenvalue weighted by Crippen LogP contribution is 2.38. The molecule has 2 aliphatic rings. The van der Waals surface area contributed by atoms with Crippen molar-refractivity contribution in [1.29, 1.82) is 0 Å². The number of ether oxygens (including phenoxy) is 1. The Balaban J connectivity index is 1.41. The van der Waals surface area contributed by atoms with E-state index in [1.807, 2.05) is 0 Å². The van der Waals surface area contributed by atoms with Gasteiger partial charge in [0.1, 0.15) is 0 Å². The van der Waals surface area contributed by atoms with E-state index in [2.05, 4.69) is 53.5 Å². The second-order valence-corrected chi connectivity index (χ2v) is 7.02. The topological polar surface area (TPSA) is 24.5 Å². The zero-order valence-electron chi connectivity index (χ0n) is 14.5. The molecule has 3 heteroatoms. The molecule has 3 rings (SSSR count). The standard InChI is InChI=1S/C20H30N2O/c1-16(14-17-6-4-3-5-7-17)19-15-20(19)21-18-8-10-22(11-9-18)12-13-23-2/h3-7,14,18-21H,8-13,15H2,1-2H3. The van der Waals surface area contributed by atoms with E-state index < -0.39 is 0 Å². The van der Waals surface area contributed by atoms with Crippen LogP contribution in [0.2, 0.25) is 0 Å². The van der Waals surface area contributed by atoms with Crippen LogP contribution < -0.4 is 5.32 Å². The summed E-state index contributed by atoms with van der Waals surface area (Å²) in [6.45, 7) is 6.63. The number of hydrogen-bond acceptors (Lipinski definition) is 3. The molecule has 0 spiro atoms. The average Bonchev–Trinajstić information content (AvgIpc) is 3.34. The third-order valence-electron chi connectivity index (χ3n) is 5.22. The fourth-order valence-corrected chi connectivity index (χ4v) is 3.65. The molecule has 126 valence electrons. The van der Waals surface area contributed by atoms with Crippen molar-refractivity contribution < 1.29 is 4.74 Å². The van der Waals surface area contributed by atoms with Crippen LogP contribution in [-0.2, 0) is 4.74 Å². The van der Waals surface area contributed by atoms with Crippen molar-refractivity contribution in [3.63, 3.8) is 0 Å². The number of piperidine rings is 1. The maximum atomic E-state index is 5.17. The van der Waals surface area contributed by atoms with Gasteiger partial charge in [0.15, 0.2) is 0 Å². The monoisotopic (exact) mass is 314 g/mol. The van der Waals surface area contributed by atoms with Crippen molar-refractivity contribution in [2.45, 2.75) is 38.3 Å². The van der Waals surface area contributed by atoms with E-state index in [1.54, 1.807) is 7.11 Å². The predicted octanol–water partition coefficient (Wildman–Crippen LogP) is 3.18. The Morgan fingerprint density at radius 2 is 2.00 bits per heavy atom. The number of rotatable bonds is 7. The van der Waals surface area contributed by atoms with Crippen LogP contribution >= 0.6 is 0 Å². The van der Waals surface area contributed by atoms with E-state index in [9.17, 15) is 0 Å². The summed E-state index contributed by atoms with van der Waals surface area (Å²) in [6.07, 6.45) is 6.20. The summed E-state index contributed by atoms with van der Waals surface area (Å²) in [5.74, 6) is 0.738. The summed E-state index contributed by atoms with van der Waals surface area (Å²) < 4.78 is 5.17. The fraction of sp³-hybridized carbons (Fsp3) is 0.600. The number of methoxy groups -OCH3 is 1. The number of hydrogen-bond donors (Lipinski definition) is 1. The van der Waals surface area contributed by atoms with E-state index in [0.29, 0.717) is 12.1 Å². The minimum Gasteiger partial charge on any atom is -0.383 e. The number of nitrogens with one attached hydrogen (secondary N) is 1. The van der Waals surface area contributed by atoms with Gasteiger partial charge in [0.05, 0.1) is 6.61 Å². The quantitative estimate of drug-likeness (QED) is 0.836. The Hall–Kier alpha value is -1.16. The van der Waals surface area contributed by atoms with Crippen LogP contribution in [0.4, 0.5) is 0 Å². The molecule has 1 heterocycles. The fourth-order valence-electron chi connectivity index (χ4n) is 3.65. The highest BCUT2D eigenvalue weighted by Gasteiger charge is 2.39. The van der Waals surface area contributed by atoms with Crippen molar-refractivity contribution in [2.75, 3.05) is 33.4 Å². The molecule has 1 saturated carbocycles. The SMILES string of the molecule is COCCN1CCC(NC2CC2C(C)=Cc2ccccc2)CC1. The summed E-state index contributed by atoms with van der Waals surface area (Å²) in [4.78, 5) is 2.52. The molecule has 1 aliphatic carbocycles. The molecule has 1 saturated heterocycles. The minimum absolute atomic E-state index is 0.700. The summed E-state index contributed by atoms with van der Waals surface area (Å²) in [5.41, 5.74) is 2.84. The molecule has 0 bridgehead atoms. The zero-order valence-corrected chi connectivity index (χ0v) is 14.5. The van der Waals surface area contributed by atoms with Crippen LogP contribution in [0.1, 0.15) is 31.7 Å². The Bertz CT molecular complexity index is 506. The van der Waals surface area contributed by atoms with Gasteiger partial charge in [-0.25, -0.2) is 0 Å². The predicted molar refractivity (Wildman–Crippen MR) is 96.5 cm³/mol. The van der Waals surface area contributed by atoms with Crippen molar-refractivity contribution >= 4 is 6.08 Å². The molecule has 0 radical (unpaired) electrons. The second kappa shape index (κ2) is 8.09. The van der Waals surface area contributed by atoms with Crippen LogP contribution in [0, 0.1) is 5.92 Å². The number of nitrogens with zero attached hydrogens (tertiary/aromatic N) is 1. The van der Waals surface area contributed by atoms with Gasteiger partial charge in [-0.2, -0.15) is 0 Å². The lowest BCUT2D eigenvalue weighted by Gasteiger charge is -2.32. The van der Waals surface area contributed by atoms with Crippen LogP contribution in [0.25, 0.3) is 6.08 Å². The van der Waals surface area contributed by atoms with Crippen molar-refractivity contribution in [2.24, 2.45) is 5.92 Å². The Morgan fingerprint density at radius 1 is 1.26 bits per heavy atom. The van der Waals surface area contributed by atoms with Gasteiger partial charge in [-0.05, 0) is 50.8 Å². The summed E-state index contributed by atoms with van der Waals surface area (Å²) >= 11 is 0. The van der Waals surface area contributed by atoms with Crippen molar-refractivity contribution in [3.05, 3.63) is 41.5 Å². The van der Waals surface area contributed by atoms with Crippen LogP contribution in [0.15, 0.2) is 35.9 Å². The van der Waals surface area contributed by atoms with Crippen molar-refractivity contribution in [3.8, 4) is 0 Å². The Kier molecular flexibility index (Phi) is 5.87. The lowest BCUT2D eigenvalue weighted by molar-refractivity contribution is 0.125. The van der Waals surface area contributed by atoms with E-state index in [1.165, 1.54) is 43.5 Å². The first-order chi connectivity index (χ1) is 11.3. The second-order valence-electron chi connectivity index (χ2n) is 7.02. The van der Waals surface area contributed by atoms with E-state index in [0.717, 1.165) is 19.1 Å². The lowest BCUT2D eigenvalue weighted by Crippen LogP contribution is -2.44. The third-order valence-corrected chi connectivity index (χ3v) is 5.22. The maximum absolute atomic E-state index is 5.17. The van der Waals surface area contributed by atoms with Gasteiger partial charge >= 0.3 is 0 Å². The highest BCUT2D eigenvalue weighted by molar-refractivity contribution is 5.53. The normalized spacial score (nSPS) is 26.4. The third kappa shape index (κ3) is 4.90. The Morgan fingerprint density at radius 3 is 2.70 bits per heavy atom. The largest absolute Gasteiger partial charge is 0.383 e. The molecule has 3 nitrogen and oxygen atoms in total. The van der Waals surface area contributed by atoms with E-state index >= 15 is 0 Å². The first-order valence-corrected chi connectivity index (χ1v) is 8.97. The molecular weight excluding hydrogens is 284 g/mol. The molecule has 23 heavy (non-hydrogen) atoms. The van der Waals surface area contributed by atoms with Gasteiger partial charge in [0.2, 0.25) is 0 Å². The zero-order chi connectivity index (χ0) is 16.1. The van der Waals surface area contributed by atoms with Gasteiger partial charge in [-0.1, -0.05) is 42.0 Å². The highest BCUT2D eigenvalue weighted by atomic mass is 16.5. The van der Waals surface area contributed by atoms with Gasteiger partial charge < -0.3 is 15.0 Å². The molecule has 1 aliphatic heterocycles. The number of likely N-dealkylation sites (tertiary alicyclic amines) is 1. The molecule has 1 aromatic carbocycles. The summed E-state index contributed by atoms with van der Waals surface area (Å²) in [5, 5.41) is 3.89. The maximum Gasteiger partial charge on any atom is 0.0589 e. The van der Waals surface area contributed by atoms with Gasteiger partial charge in [-0.15, -0.1) is 0 Å². The van der Waals surface area contributed by atoms with Gasteiger partial charge in [0, 0.05) is 25.7 Å². The summed E-state index contributed by atoms with van der Waals surface area (Å²) in [7, 11) is 1.78. The van der Waals surface area contributed by atoms with Crippen LogP contribution in [-0.4, -0.2) is 50.3 Å². The molecule has 2 unspecified atom stereocenters. The average molecular weight is 314 g/mol. The molecule has 2 fully saturated rings. The van der Waals surface area contributed by atoms with Gasteiger partial charge in [-0.3, -0.25) is 0 Å². The lowest BCUT2D eigenvalue weighted by atomic mass is 10.0. The molecule has 0 amide bonds. The molecule has 1 aromatic rings. The van der Waals surface area contributed by atoms with E-state index in [4.69, 9.17) is 4.74 Å². The molecular formula is C20H30N2O. The van der Waals surface area contributed by atoms with Crippen LogP contribution in [0.3, 0.4) is 0 Å². The first-order valence-electron chi connectivity index (χ1n) is 8.97. The number of benzene rings is 1. The summed E-state index contributed by atoms with van der Waals surface area (Å²) in [6, 6.07) is 12.1. The van der Waals surface area contributed by atoms with Crippen LogP contribution in [0.5, 0.6) is 0 Å². The molecule has 1 N–H and O–H groups in total. The molecule has 0 aromatic heterocycles. The minimum atomic E-state index is 0.700. The van der Waals surface area contributed by atoms with Crippen molar-refractivity contribution in [1.82, 2.24) is 10.2 Å².